The Labute approximate surface area is 157 Å². The molecule has 1 heterocycles. The molecule has 136 valence electrons. The van der Waals surface area contributed by atoms with Gasteiger partial charge in [0.25, 0.3) is 0 Å². The monoisotopic (exact) mass is 371 g/mol. The Kier molecular flexibility index (Phi) is 5.32. The molecule has 1 aliphatic rings. The molecule has 3 rings (SSSR count). The van der Waals surface area contributed by atoms with Crippen LogP contribution in [0.1, 0.15) is 30.0 Å². The number of benzene rings is 2. The first kappa shape index (κ1) is 18.5. The zero-order valence-electron chi connectivity index (χ0n) is 14.9. The van der Waals surface area contributed by atoms with Gasteiger partial charge in [0.1, 0.15) is 5.82 Å². The summed E-state index contributed by atoms with van der Waals surface area (Å²) in [5.74, 6) is 0.146. The summed E-state index contributed by atoms with van der Waals surface area (Å²) in [6, 6.07) is 12.4. The third kappa shape index (κ3) is 4.25. The average molecular weight is 371 g/mol. The van der Waals surface area contributed by atoms with E-state index in [-0.39, 0.29) is 18.0 Å². The molecule has 2 aromatic carbocycles. The van der Waals surface area contributed by atoms with Gasteiger partial charge in [0.05, 0.1) is 17.6 Å². The number of nitrogens with one attached hydrogen (secondary N) is 1. The van der Waals surface area contributed by atoms with Crippen LogP contribution in [0.2, 0.25) is 0 Å². The highest BCUT2D eigenvalue weighted by Gasteiger charge is 2.30. The molecule has 1 atom stereocenters. The van der Waals surface area contributed by atoms with Crippen LogP contribution < -0.4 is 11.1 Å². The molecule has 26 heavy (non-hydrogen) atoms. The minimum absolute atomic E-state index is 0.174. The number of rotatable bonds is 4. The molecule has 1 aliphatic heterocycles. The number of carbonyl (C=O) groups excluding carboxylic acids is 1. The van der Waals surface area contributed by atoms with Gasteiger partial charge in [0.15, 0.2) is 5.17 Å². The molecule has 0 spiro atoms. The van der Waals surface area contributed by atoms with Crippen molar-refractivity contribution in [2.45, 2.75) is 32.2 Å². The standard InChI is InChI=1S/C20H22FN3OS/c1-13-3-5-14(6-4-13)11-18(25)23-17-12-15(7-8-16(17)21)20(2)9-10-26-19(22)24-20/h3-8,12H,9-11H2,1-2H3,(H2,22,24)(H,23,25). The fourth-order valence-corrected chi connectivity index (χ4v) is 3.91. The van der Waals surface area contributed by atoms with Crippen LogP contribution in [-0.2, 0) is 16.8 Å². The lowest BCUT2D eigenvalue weighted by Gasteiger charge is -2.30. The highest BCUT2D eigenvalue weighted by Crippen LogP contribution is 2.36. The van der Waals surface area contributed by atoms with Crippen molar-refractivity contribution in [3.8, 4) is 0 Å². The predicted molar refractivity (Wildman–Crippen MR) is 106 cm³/mol. The highest BCUT2D eigenvalue weighted by atomic mass is 32.2. The molecule has 1 amide bonds. The number of halogens is 1. The van der Waals surface area contributed by atoms with E-state index < -0.39 is 11.4 Å². The summed E-state index contributed by atoms with van der Waals surface area (Å²) in [5.41, 5.74) is 8.39. The normalized spacial score (nSPS) is 19.7. The van der Waals surface area contributed by atoms with E-state index in [9.17, 15) is 9.18 Å². The Balaban J connectivity index is 1.78. The van der Waals surface area contributed by atoms with Crippen LogP contribution in [0, 0.1) is 12.7 Å². The van der Waals surface area contributed by atoms with Gasteiger partial charge >= 0.3 is 0 Å². The van der Waals surface area contributed by atoms with E-state index in [1.54, 1.807) is 12.1 Å². The van der Waals surface area contributed by atoms with Crippen LogP contribution in [0.3, 0.4) is 0 Å². The van der Waals surface area contributed by atoms with Crippen LogP contribution >= 0.6 is 11.8 Å². The predicted octanol–water partition coefficient (Wildman–Crippen LogP) is 3.98. The van der Waals surface area contributed by atoms with E-state index >= 15 is 0 Å². The van der Waals surface area contributed by atoms with Crippen molar-refractivity contribution in [2.24, 2.45) is 10.7 Å². The van der Waals surface area contributed by atoms with Gasteiger partial charge in [-0.05, 0) is 43.5 Å². The third-order valence-corrected chi connectivity index (χ3v) is 5.34. The van der Waals surface area contributed by atoms with Crippen LogP contribution in [0.5, 0.6) is 0 Å². The van der Waals surface area contributed by atoms with Crippen LogP contribution in [0.4, 0.5) is 10.1 Å². The van der Waals surface area contributed by atoms with Crippen LogP contribution in [0.25, 0.3) is 0 Å². The molecule has 4 nitrogen and oxygen atoms in total. The van der Waals surface area contributed by atoms with Crippen LogP contribution in [-0.4, -0.2) is 16.8 Å². The largest absolute Gasteiger partial charge is 0.379 e. The first-order chi connectivity index (χ1) is 12.4. The van der Waals surface area contributed by atoms with Crippen molar-refractivity contribution in [3.63, 3.8) is 0 Å². The number of amides is 1. The molecule has 1 unspecified atom stereocenters. The second-order valence-electron chi connectivity index (χ2n) is 6.73. The van der Waals surface area contributed by atoms with Crippen molar-refractivity contribution in [1.29, 1.82) is 0 Å². The van der Waals surface area contributed by atoms with E-state index in [1.807, 2.05) is 38.1 Å². The molecule has 0 fully saturated rings. The maximum Gasteiger partial charge on any atom is 0.228 e. The lowest BCUT2D eigenvalue weighted by Crippen LogP contribution is -2.29. The number of nitrogens with two attached hydrogens (primary N) is 1. The molecule has 0 saturated heterocycles. The molecule has 0 aromatic heterocycles. The van der Waals surface area contributed by atoms with Gasteiger partial charge < -0.3 is 11.1 Å². The fourth-order valence-electron chi connectivity index (χ4n) is 2.94. The number of aryl methyl sites for hydroxylation is 1. The van der Waals surface area contributed by atoms with Crippen molar-refractivity contribution in [3.05, 3.63) is 65.0 Å². The van der Waals surface area contributed by atoms with Gasteiger partial charge in [-0.1, -0.05) is 47.7 Å². The zero-order chi connectivity index (χ0) is 18.7. The van der Waals surface area contributed by atoms with Crippen molar-refractivity contribution >= 4 is 28.5 Å². The summed E-state index contributed by atoms with van der Waals surface area (Å²) in [6.45, 7) is 3.97. The molecule has 0 bridgehead atoms. The molecular formula is C20H22FN3OS. The summed E-state index contributed by atoms with van der Waals surface area (Å²) < 4.78 is 14.2. The maximum atomic E-state index is 14.2. The van der Waals surface area contributed by atoms with E-state index in [1.165, 1.54) is 17.8 Å². The Morgan fingerprint density at radius 2 is 2.04 bits per heavy atom. The van der Waals surface area contributed by atoms with E-state index in [0.717, 1.165) is 28.9 Å². The average Bonchev–Trinajstić information content (AvgIpc) is 2.58. The smallest absolute Gasteiger partial charge is 0.228 e. The first-order valence-electron chi connectivity index (χ1n) is 8.49. The third-order valence-electron chi connectivity index (χ3n) is 4.54. The Morgan fingerprint density at radius 1 is 1.31 bits per heavy atom. The van der Waals surface area contributed by atoms with Gasteiger partial charge in [0, 0.05) is 5.75 Å². The molecule has 0 aliphatic carbocycles. The van der Waals surface area contributed by atoms with Crippen molar-refractivity contribution < 1.29 is 9.18 Å². The summed E-state index contributed by atoms with van der Waals surface area (Å²) in [6.07, 6.45) is 1.00. The number of hydrogen-bond acceptors (Lipinski definition) is 4. The van der Waals surface area contributed by atoms with Gasteiger partial charge in [-0.3, -0.25) is 9.79 Å². The van der Waals surface area contributed by atoms with Crippen molar-refractivity contribution in [2.75, 3.05) is 11.1 Å². The maximum absolute atomic E-state index is 14.2. The summed E-state index contributed by atoms with van der Waals surface area (Å²) in [5, 5.41) is 3.22. The van der Waals surface area contributed by atoms with Gasteiger partial charge in [-0.25, -0.2) is 4.39 Å². The summed E-state index contributed by atoms with van der Waals surface area (Å²) >= 11 is 1.52. The van der Waals surface area contributed by atoms with Gasteiger partial charge in [0.2, 0.25) is 5.91 Å². The number of hydrogen-bond donors (Lipinski definition) is 2. The number of anilines is 1. The summed E-state index contributed by atoms with van der Waals surface area (Å²) in [7, 11) is 0. The molecular weight excluding hydrogens is 349 g/mol. The number of carbonyl (C=O) groups is 1. The van der Waals surface area contributed by atoms with E-state index in [0.29, 0.717) is 5.17 Å². The second kappa shape index (κ2) is 7.50. The zero-order valence-corrected chi connectivity index (χ0v) is 15.7. The molecule has 3 N–H and O–H groups in total. The number of thioether (sulfide) groups is 1. The summed E-state index contributed by atoms with van der Waals surface area (Å²) in [4.78, 5) is 16.8. The lowest BCUT2D eigenvalue weighted by molar-refractivity contribution is -0.115. The second-order valence-corrected chi connectivity index (χ2v) is 7.84. The molecule has 0 saturated carbocycles. The fraction of sp³-hybridized carbons (Fsp3) is 0.300. The topological polar surface area (TPSA) is 67.5 Å². The van der Waals surface area contributed by atoms with E-state index in [4.69, 9.17) is 5.73 Å². The number of aliphatic imine (C=N–C) groups is 1. The van der Waals surface area contributed by atoms with Gasteiger partial charge in [-0.2, -0.15) is 0 Å². The van der Waals surface area contributed by atoms with Crippen molar-refractivity contribution in [1.82, 2.24) is 0 Å². The minimum Gasteiger partial charge on any atom is -0.379 e. The quantitative estimate of drug-likeness (QED) is 0.854. The molecule has 2 aromatic rings. The Hall–Kier alpha value is -2.34. The molecule has 6 heteroatoms. The Morgan fingerprint density at radius 3 is 2.73 bits per heavy atom. The minimum atomic E-state index is -0.501. The molecule has 0 radical (unpaired) electrons. The lowest BCUT2D eigenvalue weighted by atomic mass is 9.89. The Bertz CT molecular complexity index is 851. The highest BCUT2D eigenvalue weighted by molar-refractivity contribution is 8.13. The van der Waals surface area contributed by atoms with Crippen LogP contribution in [0.15, 0.2) is 47.5 Å². The number of amidine groups is 1. The number of nitrogens with zero attached hydrogens (tertiary/aromatic N) is 1. The SMILES string of the molecule is Cc1ccc(CC(=O)Nc2cc(C3(C)CCSC(N)=N3)ccc2F)cc1. The van der Waals surface area contributed by atoms with Gasteiger partial charge in [-0.15, -0.1) is 0 Å². The van der Waals surface area contributed by atoms with E-state index in [2.05, 4.69) is 10.3 Å². The first-order valence-corrected chi connectivity index (χ1v) is 9.48.